The van der Waals surface area contributed by atoms with Gasteiger partial charge in [-0.3, -0.25) is 14.0 Å². The van der Waals surface area contributed by atoms with Crippen molar-refractivity contribution in [1.82, 2.24) is 34.7 Å². The van der Waals surface area contributed by atoms with Gasteiger partial charge >= 0.3 is 0 Å². The molecule has 5 aromatic rings. The summed E-state index contributed by atoms with van der Waals surface area (Å²) in [5.74, 6) is 0. The topological polar surface area (TPSA) is 65.5 Å². The molecule has 1 N–H and O–H groups in total. The third-order valence-electron chi connectivity index (χ3n) is 7.45. The first-order valence-corrected chi connectivity index (χ1v) is 11.2. The van der Waals surface area contributed by atoms with Crippen molar-refractivity contribution < 1.29 is 0 Å². The van der Waals surface area contributed by atoms with Crippen molar-refractivity contribution >= 4 is 21.8 Å². The van der Waals surface area contributed by atoms with E-state index in [-0.39, 0.29) is 0 Å². The molecule has 2 aliphatic rings. The first kappa shape index (κ1) is 18.2. The number of hydrogen-bond acceptors (Lipinski definition) is 4. The van der Waals surface area contributed by atoms with Crippen molar-refractivity contribution in [2.24, 2.45) is 19.5 Å². The summed E-state index contributed by atoms with van der Waals surface area (Å²) < 4.78 is 6.05. The van der Waals surface area contributed by atoms with Gasteiger partial charge in [-0.25, -0.2) is 0 Å². The Labute approximate surface area is 185 Å². The maximum absolute atomic E-state index is 5.21. The summed E-state index contributed by atoms with van der Waals surface area (Å²) in [5, 5.41) is 19.8. The Kier molecular flexibility index (Phi) is 3.57. The minimum absolute atomic E-state index is 0.472. The molecule has 0 unspecified atom stereocenters. The molecule has 1 saturated carbocycles. The largest absolute Gasteiger partial charge is 0.316 e. The quantitative estimate of drug-likeness (QED) is 0.478. The zero-order valence-corrected chi connectivity index (χ0v) is 18.3. The Morgan fingerprint density at radius 3 is 2.47 bits per heavy atom. The number of aryl methyl sites for hydroxylation is 2. The van der Waals surface area contributed by atoms with Crippen LogP contribution in [-0.2, 0) is 14.1 Å². The van der Waals surface area contributed by atoms with Crippen LogP contribution < -0.4 is 5.32 Å². The first-order valence-electron chi connectivity index (χ1n) is 11.2. The van der Waals surface area contributed by atoms with Gasteiger partial charge in [-0.15, -0.1) is 0 Å². The van der Waals surface area contributed by atoms with E-state index in [4.69, 9.17) is 5.10 Å². The van der Waals surface area contributed by atoms with Gasteiger partial charge < -0.3 is 5.32 Å². The molecule has 32 heavy (non-hydrogen) atoms. The van der Waals surface area contributed by atoms with Crippen molar-refractivity contribution in [3.05, 3.63) is 55.0 Å². The van der Waals surface area contributed by atoms with Crippen molar-refractivity contribution in [3.63, 3.8) is 0 Å². The molecule has 1 aliphatic carbocycles. The monoisotopic (exact) mass is 423 g/mol. The number of aromatic nitrogens is 6. The summed E-state index contributed by atoms with van der Waals surface area (Å²) in [4.78, 5) is 0. The van der Waals surface area contributed by atoms with Crippen molar-refractivity contribution in [2.45, 2.75) is 18.9 Å². The Morgan fingerprint density at radius 2 is 1.72 bits per heavy atom. The second kappa shape index (κ2) is 6.29. The molecule has 7 nitrogen and oxygen atoms in total. The second-order valence-electron chi connectivity index (χ2n) is 9.64. The van der Waals surface area contributed by atoms with Crippen molar-refractivity contribution in [2.75, 3.05) is 13.1 Å². The van der Waals surface area contributed by atoms with E-state index < -0.39 is 0 Å². The molecule has 0 bridgehead atoms. The van der Waals surface area contributed by atoms with Crippen LogP contribution in [0.1, 0.15) is 18.9 Å². The van der Waals surface area contributed by atoms with Crippen molar-refractivity contribution in [1.29, 1.82) is 0 Å². The molecule has 0 atom stereocenters. The summed E-state index contributed by atoms with van der Waals surface area (Å²) in [6, 6.07) is 13.7. The van der Waals surface area contributed by atoms with Crippen LogP contribution in [0, 0.1) is 5.41 Å². The highest BCUT2D eigenvalue weighted by molar-refractivity contribution is 5.98. The van der Waals surface area contributed by atoms with Crippen LogP contribution in [-0.4, -0.2) is 42.4 Å². The fraction of sp³-hybridized carbons (Fsp3) is 0.320. The fourth-order valence-electron chi connectivity index (χ4n) is 5.57. The molecule has 1 saturated heterocycles. The Hall–Kier alpha value is -3.45. The molecule has 7 rings (SSSR count). The highest BCUT2D eigenvalue weighted by atomic mass is 15.3. The van der Waals surface area contributed by atoms with Crippen molar-refractivity contribution in [3.8, 4) is 22.4 Å². The van der Waals surface area contributed by atoms with E-state index in [1.54, 1.807) is 0 Å². The van der Waals surface area contributed by atoms with Crippen LogP contribution in [0.15, 0.2) is 55.0 Å². The number of nitrogens with one attached hydrogen (secondary N) is 1. The zero-order valence-electron chi connectivity index (χ0n) is 18.3. The lowest BCUT2D eigenvalue weighted by molar-refractivity contribution is 0.00438. The molecule has 0 amide bonds. The molecule has 2 aromatic carbocycles. The summed E-state index contributed by atoms with van der Waals surface area (Å²) in [5.41, 5.74) is 7.33. The summed E-state index contributed by atoms with van der Waals surface area (Å²) in [6.45, 7) is 2.30. The molecular weight excluding hydrogens is 398 g/mol. The Bertz CT molecular complexity index is 1490. The van der Waals surface area contributed by atoms with Gasteiger partial charge in [-0.05, 0) is 48.1 Å². The third kappa shape index (κ3) is 2.54. The summed E-state index contributed by atoms with van der Waals surface area (Å²) in [7, 11) is 3.93. The van der Waals surface area contributed by atoms with E-state index in [1.165, 1.54) is 29.3 Å². The standard InChI is InChI=1S/C25H25N7/c1-30-13-19(12-27-30)16-3-6-23-21(8-16)24(17-4-5-22-18(7-17)11-28-31(22)2)29-32(23)20-9-25(10-20)14-26-15-25/h3-8,11-13,20,26H,9-10,14-15H2,1-2H3. The van der Waals surface area contributed by atoms with Gasteiger partial charge in [0.15, 0.2) is 0 Å². The number of rotatable bonds is 3. The number of fused-ring (bicyclic) bond motifs is 2. The van der Waals surface area contributed by atoms with Crippen LogP contribution in [0.2, 0.25) is 0 Å². The van der Waals surface area contributed by atoms with Gasteiger partial charge in [0.2, 0.25) is 0 Å². The minimum Gasteiger partial charge on any atom is -0.316 e. The third-order valence-corrected chi connectivity index (χ3v) is 7.45. The first-order chi connectivity index (χ1) is 15.6. The molecule has 1 aliphatic heterocycles. The normalized spacial score (nSPS) is 17.8. The molecule has 1 spiro atoms. The van der Waals surface area contributed by atoms with Gasteiger partial charge in [-0.2, -0.15) is 15.3 Å². The molecule has 160 valence electrons. The Morgan fingerprint density at radius 1 is 0.906 bits per heavy atom. The van der Waals surface area contributed by atoms with Gasteiger partial charge in [0.25, 0.3) is 0 Å². The van der Waals surface area contributed by atoms with E-state index in [1.807, 2.05) is 35.9 Å². The van der Waals surface area contributed by atoms with E-state index in [0.29, 0.717) is 11.5 Å². The average Bonchev–Trinajstić information content (AvgIpc) is 3.43. The molecule has 2 fully saturated rings. The zero-order chi connectivity index (χ0) is 21.4. The Balaban J connectivity index is 1.40. The van der Waals surface area contributed by atoms with E-state index in [2.05, 4.69) is 62.8 Å². The maximum atomic E-state index is 5.21. The van der Waals surface area contributed by atoms with E-state index in [0.717, 1.165) is 40.8 Å². The molecule has 4 heterocycles. The summed E-state index contributed by atoms with van der Waals surface area (Å²) in [6.07, 6.45) is 8.33. The molecular formula is C25H25N7. The fourth-order valence-corrected chi connectivity index (χ4v) is 5.57. The van der Waals surface area contributed by atoms with Gasteiger partial charge in [-0.1, -0.05) is 12.1 Å². The minimum atomic E-state index is 0.472. The van der Waals surface area contributed by atoms with Gasteiger partial charge in [0.1, 0.15) is 5.69 Å². The van der Waals surface area contributed by atoms with Crippen LogP contribution in [0.3, 0.4) is 0 Å². The highest BCUT2D eigenvalue weighted by Gasteiger charge is 2.49. The molecule has 0 radical (unpaired) electrons. The highest BCUT2D eigenvalue weighted by Crippen LogP contribution is 2.52. The van der Waals surface area contributed by atoms with Crippen LogP contribution >= 0.6 is 0 Å². The predicted molar refractivity (Wildman–Crippen MR) is 125 cm³/mol. The predicted octanol–water partition coefficient (Wildman–Crippen LogP) is 3.92. The van der Waals surface area contributed by atoms with E-state index >= 15 is 0 Å². The maximum Gasteiger partial charge on any atom is 0.100 e. The average molecular weight is 424 g/mol. The van der Waals surface area contributed by atoms with Crippen LogP contribution in [0.25, 0.3) is 44.2 Å². The molecule has 7 heteroatoms. The number of benzene rings is 2. The lowest BCUT2D eigenvalue weighted by Crippen LogP contribution is -2.60. The lowest BCUT2D eigenvalue weighted by Gasteiger charge is -2.54. The van der Waals surface area contributed by atoms with Gasteiger partial charge in [0.05, 0.1) is 29.5 Å². The lowest BCUT2D eigenvalue weighted by atomic mass is 9.62. The van der Waals surface area contributed by atoms with Crippen LogP contribution in [0.5, 0.6) is 0 Å². The van der Waals surface area contributed by atoms with E-state index in [9.17, 15) is 0 Å². The smallest absolute Gasteiger partial charge is 0.100 e. The van der Waals surface area contributed by atoms with Crippen LogP contribution in [0.4, 0.5) is 0 Å². The summed E-state index contributed by atoms with van der Waals surface area (Å²) >= 11 is 0. The number of hydrogen-bond donors (Lipinski definition) is 1. The SMILES string of the molecule is Cn1cc(-c2ccc3c(c2)c(-c2ccc4c(cnn4C)c2)nn3C2CC3(CNC3)C2)cn1. The number of nitrogens with zero attached hydrogens (tertiary/aromatic N) is 6. The van der Waals surface area contributed by atoms with Gasteiger partial charge in [0, 0.05) is 55.3 Å². The second-order valence-corrected chi connectivity index (χ2v) is 9.64. The molecule has 3 aromatic heterocycles.